The van der Waals surface area contributed by atoms with Gasteiger partial charge in [-0.15, -0.1) is 13.2 Å². The van der Waals surface area contributed by atoms with Crippen molar-refractivity contribution in [2.75, 3.05) is 6.54 Å². The van der Waals surface area contributed by atoms with Crippen molar-refractivity contribution in [1.82, 2.24) is 5.32 Å². The van der Waals surface area contributed by atoms with Gasteiger partial charge in [0.2, 0.25) is 0 Å². The molecule has 0 amide bonds. The van der Waals surface area contributed by atoms with Crippen LogP contribution in [-0.4, -0.2) is 18.9 Å². The molecule has 0 fully saturated rings. The van der Waals surface area contributed by atoms with E-state index in [1.165, 1.54) is 12.1 Å². The minimum atomic E-state index is -4.64. The molecule has 0 aliphatic heterocycles. The van der Waals surface area contributed by atoms with Gasteiger partial charge in [-0.2, -0.15) is 0 Å². The van der Waals surface area contributed by atoms with E-state index in [2.05, 4.69) is 10.1 Å². The Hall–Kier alpha value is -1.49. The fourth-order valence-electron chi connectivity index (χ4n) is 1.43. The van der Waals surface area contributed by atoms with Gasteiger partial charge in [0.25, 0.3) is 0 Å². The molecule has 0 aromatic heterocycles. The Balaban J connectivity index is 2.60. The van der Waals surface area contributed by atoms with Gasteiger partial charge in [-0.05, 0) is 31.2 Å². The Morgan fingerprint density at radius 2 is 1.89 bits per heavy atom. The van der Waals surface area contributed by atoms with Gasteiger partial charge in [0.05, 0.1) is 0 Å². The lowest BCUT2D eigenvalue weighted by molar-refractivity contribution is -0.274. The van der Waals surface area contributed by atoms with Gasteiger partial charge in [-0.3, -0.25) is 0 Å². The standard InChI is InChI=1S/C13H16F3NO/c1-3-17-10(2)4-5-11-6-8-12(9-7-11)18-13(14,15)16/h4-10,17H,3H2,1-2H3/b5-4+. The van der Waals surface area contributed by atoms with Crippen LogP contribution >= 0.6 is 0 Å². The third-order valence-corrected chi connectivity index (χ3v) is 2.22. The average Bonchev–Trinajstić information content (AvgIpc) is 2.26. The SMILES string of the molecule is CCNC(C)/C=C/c1ccc(OC(F)(F)F)cc1. The van der Waals surface area contributed by atoms with Gasteiger partial charge in [0.1, 0.15) is 5.75 Å². The molecule has 0 saturated carbocycles. The first-order valence-corrected chi connectivity index (χ1v) is 5.68. The van der Waals surface area contributed by atoms with E-state index in [9.17, 15) is 13.2 Å². The first kappa shape index (κ1) is 14.6. The molecule has 0 spiro atoms. The molecular weight excluding hydrogens is 243 g/mol. The second-order valence-electron chi connectivity index (χ2n) is 3.82. The molecule has 0 aliphatic carbocycles. The molecule has 5 heteroatoms. The third kappa shape index (κ3) is 5.72. The normalized spacial score (nSPS) is 13.8. The maximum atomic E-state index is 11.9. The maximum Gasteiger partial charge on any atom is 0.573 e. The lowest BCUT2D eigenvalue weighted by Crippen LogP contribution is -2.22. The maximum absolute atomic E-state index is 11.9. The van der Waals surface area contributed by atoms with Crippen molar-refractivity contribution >= 4 is 6.08 Å². The largest absolute Gasteiger partial charge is 0.573 e. The zero-order valence-electron chi connectivity index (χ0n) is 10.3. The quantitative estimate of drug-likeness (QED) is 0.872. The van der Waals surface area contributed by atoms with Crippen LogP contribution in [0.2, 0.25) is 0 Å². The molecule has 18 heavy (non-hydrogen) atoms. The first-order chi connectivity index (χ1) is 8.40. The molecule has 1 unspecified atom stereocenters. The topological polar surface area (TPSA) is 21.3 Å². The summed E-state index contributed by atoms with van der Waals surface area (Å²) in [6, 6.07) is 5.98. The molecule has 0 bridgehead atoms. The number of rotatable bonds is 5. The monoisotopic (exact) mass is 259 g/mol. The number of hydrogen-bond donors (Lipinski definition) is 1. The Morgan fingerprint density at radius 1 is 1.28 bits per heavy atom. The molecule has 0 saturated heterocycles. The van der Waals surface area contributed by atoms with Crippen LogP contribution in [-0.2, 0) is 0 Å². The molecule has 2 nitrogen and oxygen atoms in total. The first-order valence-electron chi connectivity index (χ1n) is 5.68. The summed E-state index contributed by atoms with van der Waals surface area (Å²) in [4.78, 5) is 0. The predicted octanol–water partition coefficient (Wildman–Crippen LogP) is 3.60. The Bertz CT molecular complexity index is 384. The summed E-state index contributed by atoms with van der Waals surface area (Å²) in [5, 5.41) is 3.20. The highest BCUT2D eigenvalue weighted by Gasteiger charge is 2.30. The summed E-state index contributed by atoms with van der Waals surface area (Å²) in [7, 11) is 0. The van der Waals surface area contributed by atoms with Crippen LogP contribution in [0.15, 0.2) is 30.3 Å². The molecule has 100 valence electrons. The van der Waals surface area contributed by atoms with Crippen LogP contribution in [0, 0.1) is 0 Å². The van der Waals surface area contributed by atoms with Crippen molar-refractivity contribution in [1.29, 1.82) is 0 Å². The summed E-state index contributed by atoms with van der Waals surface area (Å²) in [5.74, 6) is -0.209. The smallest absolute Gasteiger partial charge is 0.406 e. The van der Waals surface area contributed by atoms with Crippen molar-refractivity contribution in [2.24, 2.45) is 0 Å². The molecule has 0 heterocycles. The predicted molar refractivity (Wildman–Crippen MR) is 65.3 cm³/mol. The van der Waals surface area contributed by atoms with Crippen LogP contribution in [0.3, 0.4) is 0 Å². The van der Waals surface area contributed by atoms with E-state index in [1.807, 2.05) is 26.0 Å². The fourth-order valence-corrected chi connectivity index (χ4v) is 1.43. The van der Waals surface area contributed by atoms with Crippen LogP contribution in [0.25, 0.3) is 6.08 Å². The van der Waals surface area contributed by atoms with E-state index in [1.54, 1.807) is 12.1 Å². The van der Waals surface area contributed by atoms with Gasteiger partial charge in [-0.1, -0.05) is 31.2 Å². The van der Waals surface area contributed by atoms with Crippen molar-refractivity contribution < 1.29 is 17.9 Å². The van der Waals surface area contributed by atoms with Gasteiger partial charge >= 0.3 is 6.36 Å². The van der Waals surface area contributed by atoms with Gasteiger partial charge in [0.15, 0.2) is 0 Å². The fraction of sp³-hybridized carbons (Fsp3) is 0.385. The minimum Gasteiger partial charge on any atom is -0.406 e. The van der Waals surface area contributed by atoms with Crippen molar-refractivity contribution in [3.8, 4) is 5.75 Å². The van der Waals surface area contributed by atoms with Gasteiger partial charge in [0, 0.05) is 6.04 Å². The number of nitrogens with one attached hydrogen (secondary N) is 1. The number of alkyl halides is 3. The molecule has 1 N–H and O–H groups in total. The third-order valence-electron chi connectivity index (χ3n) is 2.22. The zero-order valence-corrected chi connectivity index (χ0v) is 10.3. The summed E-state index contributed by atoms with van der Waals surface area (Å²) in [6.45, 7) is 4.87. The molecule has 0 aliphatic rings. The van der Waals surface area contributed by atoms with E-state index in [0.29, 0.717) is 0 Å². The van der Waals surface area contributed by atoms with Crippen LogP contribution < -0.4 is 10.1 Å². The van der Waals surface area contributed by atoms with E-state index in [4.69, 9.17) is 0 Å². The van der Waals surface area contributed by atoms with E-state index < -0.39 is 6.36 Å². The van der Waals surface area contributed by atoms with Crippen LogP contribution in [0.4, 0.5) is 13.2 Å². The number of benzene rings is 1. The molecule has 1 rings (SSSR count). The summed E-state index contributed by atoms with van der Waals surface area (Å²) < 4.78 is 39.6. The number of ether oxygens (including phenoxy) is 1. The van der Waals surface area contributed by atoms with Crippen molar-refractivity contribution in [3.05, 3.63) is 35.9 Å². The van der Waals surface area contributed by atoms with E-state index >= 15 is 0 Å². The van der Waals surface area contributed by atoms with Gasteiger partial charge < -0.3 is 10.1 Å². The van der Waals surface area contributed by atoms with E-state index in [-0.39, 0.29) is 11.8 Å². The van der Waals surface area contributed by atoms with E-state index in [0.717, 1.165) is 12.1 Å². The Labute approximate surface area is 104 Å². The molecular formula is C13H16F3NO. The zero-order chi connectivity index (χ0) is 13.6. The lowest BCUT2D eigenvalue weighted by Gasteiger charge is -2.09. The molecule has 0 radical (unpaired) electrons. The number of likely N-dealkylation sites (N-methyl/N-ethyl adjacent to an activating group) is 1. The molecule has 1 aromatic carbocycles. The van der Waals surface area contributed by atoms with Crippen LogP contribution in [0.1, 0.15) is 19.4 Å². The van der Waals surface area contributed by atoms with Crippen molar-refractivity contribution in [3.63, 3.8) is 0 Å². The Kier molecular flexibility index (Phi) is 5.22. The summed E-state index contributed by atoms with van der Waals surface area (Å²) in [5.41, 5.74) is 0.828. The number of halogens is 3. The number of hydrogen-bond acceptors (Lipinski definition) is 2. The molecule has 1 aromatic rings. The summed E-state index contributed by atoms with van der Waals surface area (Å²) >= 11 is 0. The van der Waals surface area contributed by atoms with Crippen molar-refractivity contribution in [2.45, 2.75) is 26.3 Å². The average molecular weight is 259 g/mol. The minimum absolute atomic E-state index is 0.209. The Morgan fingerprint density at radius 3 is 2.39 bits per heavy atom. The highest BCUT2D eigenvalue weighted by atomic mass is 19.4. The highest BCUT2D eigenvalue weighted by molar-refractivity contribution is 5.51. The summed E-state index contributed by atoms with van der Waals surface area (Å²) in [6.07, 6.45) is -0.843. The lowest BCUT2D eigenvalue weighted by atomic mass is 10.2. The second kappa shape index (κ2) is 6.44. The highest BCUT2D eigenvalue weighted by Crippen LogP contribution is 2.22. The van der Waals surface area contributed by atoms with Gasteiger partial charge in [-0.25, -0.2) is 0 Å². The van der Waals surface area contributed by atoms with Crippen LogP contribution in [0.5, 0.6) is 5.75 Å². The second-order valence-corrected chi connectivity index (χ2v) is 3.82. The molecule has 1 atom stereocenters.